The third-order valence-corrected chi connectivity index (χ3v) is 3.97. The summed E-state index contributed by atoms with van der Waals surface area (Å²) in [4.78, 5) is 11.2. The fraction of sp³-hybridized carbons (Fsp3) is 0.571. The van der Waals surface area contributed by atoms with Crippen LogP contribution in [-0.4, -0.2) is 46.7 Å². The zero-order chi connectivity index (χ0) is 14.1. The molecule has 1 fully saturated rings. The van der Waals surface area contributed by atoms with Gasteiger partial charge < -0.3 is 15.4 Å². The maximum Gasteiger partial charge on any atom is 0.215 e. The highest BCUT2D eigenvalue weighted by atomic mass is 16.5. The number of imidazole rings is 1. The highest BCUT2D eigenvalue weighted by Gasteiger charge is 2.20. The first-order chi connectivity index (χ1) is 9.67. The standard InChI is InChI=1S/C14H21N5O/c1-18-7-3-4-10(8-18)9-19-13-11(16-14(19)15)5-6-12(17-13)20-2/h5-6,10H,3-4,7-9H2,1-2H3,(H2,15,16). The summed E-state index contributed by atoms with van der Waals surface area (Å²) in [6, 6.07) is 3.72. The molecule has 0 saturated carbocycles. The third-order valence-electron chi connectivity index (χ3n) is 3.97. The van der Waals surface area contributed by atoms with Crippen molar-refractivity contribution < 1.29 is 4.74 Å². The molecule has 0 aliphatic carbocycles. The fourth-order valence-electron chi connectivity index (χ4n) is 2.98. The molecule has 6 heteroatoms. The molecule has 1 aliphatic rings. The number of piperidine rings is 1. The van der Waals surface area contributed by atoms with Gasteiger partial charge in [0.1, 0.15) is 5.52 Å². The zero-order valence-electron chi connectivity index (χ0n) is 12.0. The number of aromatic nitrogens is 3. The number of nitrogens with zero attached hydrogens (tertiary/aromatic N) is 4. The monoisotopic (exact) mass is 275 g/mol. The van der Waals surface area contributed by atoms with Gasteiger partial charge in [0, 0.05) is 19.2 Å². The summed E-state index contributed by atoms with van der Waals surface area (Å²) < 4.78 is 7.21. The molecule has 2 aromatic rings. The SMILES string of the molecule is COc1ccc2nc(N)n(CC3CCCN(C)C3)c2n1. The van der Waals surface area contributed by atoms with Gasteiger partial charge in [0.25, 0.3) is 0 Å². The number of pyridine rings is 1. The van der Waals surface area contributed by atoms with Crippen molar-refractivity contribution in [2.45, 2.75) is 19.4 Å². The van der Waals surface area contributed by atoms with E-state index in [-0.39, 0.29) is 0 Å². The summed E-state index contributed by atoms with van der Waals surface area (Å²) in [6.07, 6.45) is 2.47. The summed E-state index contributed by atoms with van der Waals surface area (Å²) in [7, 11) is 3.79. The van der Waals surface area contributed by atoms with E-state index >= 15 is 0 Å². The molecule has 0 amide bonds. The van der Waals surface area contributed by atoms with Gasteiger partial charge in [0.05, 0.1) is 7.11 Å². The van der Waals surface area contributed by atoms with Gasteiger partial charge in [-0.2, -0.15) is 4.98 Å². The van der Waals surface area contributed by atoms with Crippen molar-refractivity contribution in [2.24, 2.45) is 5.92 Å². The number of nitrogens with two attached hydrogens (primary N) is 1. The van der Waals surface area contributed by atoms with Crippen molar-refractivity contribution in [1.82, 2.24) is 19.4 Å². The van der Waals surface area contributed by atoms with Crippen LogP contribution in [0.1, 0.15) is 12.8 Å². The lowest BCUT2D eigenvalue weighted by Gasteiger charge is -2.30. The van der Waals surface area contributed by atoms with Crippen LogP contribution in [0.2, 0.25) is 0 Å². The Bertz CT molecular complexity index is 609. The van der Waals surface area contributed by atoms with Gasteiger partial charge >= 0.3 is 0 Å². The summed E-state index contributed by atoms with van der Waals surface area (Å²) in [5, 5.41) is 0. The Balaban J connectivity index is 1.91. The van der Waals surface area contributed by atoms with E-state index in [1.165, 1.54) is 19.4 Å². The first-order valence-electron chi connectivity index (χ1n) is 7.02. The largest absolute Gasteiger partial charge is 0.481 e. The number of hydrogen-bond donors (Lipinski definition) is 1. The maximum atomic E-state index is 6.05. The molecule has 108 valence electrons. The molecule has 0 spiro atoms. The van der Waals surface area contributed by atoms with Gasteiger partial charge in [0.15, 0.2) is 5.65 Å². The normalized spacial score (nSPS) is 20.4. The molecule has 3 rings (SSSR count). The lowest BCUT2D eigenvalue weighted by atomic mass is 9.98. The highest BCUT2D eigenvalue weighted by molar-refractivity contribution is 5.74. The van der Waals surface area contributed by atoms with Crippen LogP contribution < -0.4 is 10.5 Å². The molecule has 2 N–H and O–H groups in total. The van der Waals surface area contributed by atoms with Crippen LogP contribution in [0.4, 0.5) is 5.95 Å². The topological polar surface area (TPSA) is 69.2 Å². The highest BCUT2D eigenvalue weighted by Crippen LogP contribution is 2.23. The second-order valence-electron chi connectivity index (χ2n) is 5.55. The number of methoxy groups -OCH3 is 1. The zero-order valence-corrected chi connectivity index (χ0v) is 12.0. The maximum absolute atomic E-state index is 6.05. The average molecular weight is 275 g/mol. The molecular formula is C14H21N5O. The molecule has 20 heavy (non-hydrogen) atoms. The van der Waals surface area contributed by atoms with Crippen LogP contribution in [0.5, 0.6) is 5.88 Å². The van der Waals surface area contributed by atoms with Gasteiger partial charge in [-0.25, -0.2) is 4.98 Å². The van der Waals surface area contributed by atoms with E-state index in [1.54, 1.807) is 7.11 Å². The number of nitrogen functional groups attached to an aromatic ring is 1. The summed E-state index contributed by atoms with van der Waals surface area (Å²) in [5.41, 5.74) is 7.70. The van der Waals surface area contributed by atoms with Gasteiger partial charge in [-0.1, -0.05) is 0 Å². The lowest BCUT2D eigenvalue weighted by molar-refractivity contribution is 0.196. The Morgan fingerprint density at radius 1 is 1.40 bits per heavy atom. The molecule has 1 atom stereocenters. The van der Waals surface area contributed by atoms with E-state index in [0.717, 1.165) is 24.3 Å². The number of fused-ring (bicyclic) bond motifs is 1. The van der Waals surface area contributed by atoms with E-state index in [2.05, 4.69) is 21.9 Å². The van der Waals surface area contributed by atoms with Crippen molar-refractivity contribution >= 4 is 17.1 Å². The van der Waals surface area contributed by atoms with Crippen molar-refractivity contribution in [3.63, 3.8) is 0 Å². The Hall–Kier alpha value is -1.82. The lowest BCUT2D eigenvalue weighted by Crippen LogP contribution is -2.34. The van der Waals surface area contributed by atoms with E-state index in [9.17, 15) is 0 Å². The summed E-state index contributed by atoms with van der Waals surface area (Å²) in [6.45, 7) is 3.15. The predicted molar refractivity (Wildman–Crippen MR) is 78.7 cm³/mol. The molecule has 2 aromatic heterocycles. The van der Waals surface area contributed by atoms with Crippen molar-refractivity contribution in [2.75, 3.05) is 33.0 Å². The van der Waals surface area contributed by atoms with Crippen LogP contribution in [0.3, 0.4) is 0 Å². The second-order valence-corrected chi connectivity index (χ2v) is 5.55. The molecule has 0 radical (unpaired) electrons. The van der Waals surface area contributed by atoms with E-state index in [0.29, 0.717) is 17.7 Å². The quantitative estimate of drug-likeness (QED) is 0.916. The minimum absolute atomic E-state index is 0.536. The molecule has 1 saturated heterocycles. The van der Waals surface area contributed by atoms with Crippen molar-refractivity contribution in [1.29, 1.82) is 0 Å². The fourth-order valence-corrected chi connectivity index (χ4v) is 2.98. The second kappa shape index (κ2) is 5.28. The Kier molecular flexibility index (Phi) is 3.48. The number of hydrogen-bond acceptors (Lipinski definition) is 5. The molecule has 0 bridgehead atoms. The van der Waals surface area contributed by atoms with Crippen LogP contribution in [0.25, 0.3) is 11.2 Å². The molecule has 6 nitrogen and oxygen atoms in total. The number of ether oxygens (including phenoxy) is 1. The van der Waals surface area contributed by atoms with Gasteiger partial charge in [-0.15, -0.1) is 0 Å². The Morgan fingerprint density at radius 2 is 2.25 bits per heavy atom. The minimum atomic E-state index is 0.536. The van der Waals surface area contributed by atoms with Crippen molar-refractivity contribution in [3.8, 4) is 5.88 Å². The average Bonchev–Trinajstić information content (AvgIpc) is 2.74. The van der Waals surface area contributed by atoms with Crippen LogP contribution in [-0.2, 0) is 6.54 Å². The first kappa shape index (κ1) is 13.2. The Morgan fingerprint density at radius 3 is 3.00 bits per heavy atom. The van der Waals surface area contributed by atoms with Gasteiger partial charge in [-0.3, -0.25) is 4.57 Å². The van der Waals surface area contributed by atoms with E-state index in [1.807, 2.05) is 16.7 Å². The summed E-state index contributed by atoms with van der Waals surface area (Å²) >= 11 is 0. The molecule has 1 unspecified atom stereocenters. The first-order valence-corrected chi connectivity index (χ1v) is 7.02. The van der Waals surface area contributed by atoms with Crippen LogP contribution >= 0.6 is 0 Å². The number of anilines is 1. The van der Waals surface area contributed by atoms with E-state index in [4.69, 9.17) is 10.5 Å². The van der Waals surface area contributed by atoms with Crippen LogP contribution in [0.15, 0.2) is 12.1 Å². The molecular weight excluding hydrogens is 254 g/mol. The smallest absolute Gasteiger partial charge is 0.215 e. The van der Waals surface area contributed by atoms with E-state index < -0.39 is 0 Å². The third kappa shape index (κ3) is 2.43. The number of likely N-dealkylation sites (tertiary alicyclic amines) is 1. The molecule has 1 aliphatic heterocycles. The predicted octanol–water partition coefficient (Wildman–Crippen LogP) is 1.36. The van der Waals surface area contributed by atoms with Gasteiger partial charge in [0.2, 0.25) is 11.8 Å². The van der Waals surface area contributed by atoms with Crippen molar-refractivity contribution in [3.05, 3.63) is 12.1 Å². The van der Waals surface area contributed by atoms with Crippen LogP contribution in [0, 0.1) is 5.92 Å². The minimum Gasteiger partial charge on any atom is -0.481 e. The molecule has 3 heterocycles. The summed E-state index contributed by atoms with van der Waals surface area (Å²) in [5.74, 6) is 1.73. The van der Waals surface area contributed by atoms with Gasteiger partial charge in [-0.05, 0) is 38.4 Å². The Labute approximate surface area is 118 Å². The number of rotatable bonds is 3. The molecule has 0 aromatic carbocycles.